The van der Waals surface area contributed by atoms with Crippen molar-refractivity contribution in [1.82, 2.24) is 5.32 Å². The van der Waals surface area contributed by atoms with Crippen LogP contribution >= 0.6 is 27.5 Å². The van der Waals surface area contributed by atoms with Crippen LogP contribution in [0, 0.1) is 5.82 Å². The quantitative estimate of drug-likeness (QED) is 0.816. The largest absolute Gasteiger partial charge is 0.306 e. The van der Waals surface area contributed by atoms with E-state index in [1.165, 1.54) is 6.07 Å². The summed E-state index contributed by atoms with van der Waals surface area (Å²) in [6.45, 7) is 2.52. The van der Waals surface area contributed by atoms with Gasteiger partial charge >= 0.3 is 0 Å². The van der Waals surface area contributed by atoms with Crippen molar-refractivity contribution in [3.05, 3.63) is 68.9 Å². The van der Waals surface area contributed by atoms with E-state index in [1.54, 1.807) is 12.1 Å². The molecule has 0 aliphatic carbocycles. The van der Waals surface area contributed by atoms with Crippen molar-refractivity contribution in [1.29, 1.82) is 0 Å². The zero-order valence-electron chi connectivity index (χ0n) is 10.5. The first-order valence-corrected chi connectivity index (χ1v) is 7.16. The number of benzene rings is 2. The Hall–Kier alpha value is -0.900. The van der Waals surface area contributed by atoms with E-state index in [-0.39, 0.29) is 11.9 Å². The van der Waals surface area contributed by atoms with Crippen molar-refractivity contribution in [2.45, 2.75) is 19.5 Å². The topological polar surface area (TPSA) is 12.0 Å². The van der Waals surface area contributed by atoms with Crippen LogP contribution in [0.15, 0.2) is 46.9 Å². The molecule has 2 aromatic rings. The maximum absolute atomic E-state index is 13.6. The van der Waals surface area contributed by atoms with Crippen LogP contribution in [0.1, 0.15) is 24.1 Å². The Labute approximate surface area is 125 Å². The highest BCUT2D eigenvalue weighted by atomic mass is 79.9. The minimum atomic E-state index is -0.195. The molecule has 1 atom stereocenters. The third kappa shape index (κ3) is 4.03. The molecule has 2 rings (SSSR count). The Morgan fingerprint density at radius 3 is 2.58 bits per heavy atom. The molecule has 100 valence electrons. The van der Waals surface area contributed by atoms with Crippen LogP contribution in [-0.4, -0.2) is 0 Å². The van der Waals surface area contributed by atoms with Crippen molar-refractivity contribution in [3.63, 3.8) is 0 Å². The molecule has 0 heterocycles. The van der Waals surface area contributed by atoms with Crippen molar-refractivity contribution in [2.24, 2.45) is 0 Å². The van der Waals surface area contributed by atoms with Gasteiger partial charge in [-0.1, -0.05) is 39.7 Å². The van der Waals surface area contributed by atoms with E-state index in [0.717, 1.165) is 10.0 Å². The highest BCUT2D eigenvalue weighted by Gasteiger charge is 2.07. The predicted molar refractivity (Wildman–Crippen MR) is 80.8 cm³/mol. The second-order valence-corrected chi connectivity index (χ2v) is 5.74. The van der Waals surface area contributed by atoms with Gasteiger partial charge in [0.1, 0.15) is 5.82 Å². The lowest BCUT2D eigenvalue weighted by Crippen LogP contribution is -2.18. The SMILES string of the molecule is C[C@@H](NCc1cc(Br)ccc1F)c1ccc(Cl)cc1. The van der Waals surface area contributed by atoms with Crippen LogP contribution in [-0.2, 0) is 6.54 Å². The van der Waals surface area contributed by atoms with Gasteiger partial charge in [0, 0.05) is 27.6 Å². The van der Waals surface area contributed by atoms with Gasteiger partial charge in [0.2, 0.25) is 0 Å². The fourth-order valence-electron chi connectivity index (χ4n) is 1.81. The molecule has 0 fully saturated rings. The van der Waals surface area contributed by atoms with Gasteiger partial charge in [-0.25, -0.2) is 4.39 Å². The highest BCUT2D eigenvalue weighted by Crippen LogP contribution is 2.19. The molecule has 1 N–H and O–H groups in total. The molecule has 0 spiro atoms. The van der Waals surface area contributed by atoms with Gasteiger partial charge in [-0.2, -0.15) is 0 Å². The van der Waals surface area contributed by atoms with Crippen LogP contribution in [0.5, 0.6) is 0 Å². The molecule has 19 heavy (non-hydrogen) atoms. The van der Waals surface area contributed by atoms with Crippen molar-refractivity contribution >= 4 is 27.5 Å². The lowest BCUT2D eigenvalue weighted by molar-refractivity contribution is 0.544. The number of hydrogen-bond donors (Lipinski definition) is 1. The Morgan fingerprint density at radius 1 is 1.21 bits per heavy atom. The molecule has 0 saturated heterocycles. The smallest absolute Gasteiger partial charge is 0.127 e. The molecule has 0 aliphatic heterocycles. The molecule has 2 aromatic carbocycles. The van der Waals surface area contributed by atoms with Crippen LogP contribution in [0.3, 0.4) is 0 Å². The molecule has 0 bridgehead atoms. The van der Waals surface area contributed by atoms with E-state index >= 15 is 0 Å². The fraction of sp³-hybridized carbons (Fsp3) is 0.200. The van der Waals surface area contributed by atoms with Gasteiger partial charge in [-0.3, -0.25) is 0 Å². The summed E-state index contributed by atoms with van der Waals surface area (Å²) in [5.41, 5.74) is 1.77. The molecule has 0 amide bonds. The first-order valence-electron chi connectivity index (χ1n) is 5.99. The molecule has 1 nitrogen and oxygen atoms in total. The first kappa shape index (κ1) is 14.5. The molecule has 4 heteroatoms. The average Bonchev–Trinajstić information content (AvgIpc) is 2.40. The number of nitrogens with one attached hydrogen (secondary N) is 1. The predicted octanol–water partition coefficient (Wildman–Crippen LogP) is 5.09. The summed E-state index contributed by atoms with van der Waals surface area (Å²) in [4.78, 5) is 0. The third-order valence-corrected chi connectivity index (χ3v) is 3.72. The first-order chi connectivity index (χ1) is 9.06. The summed E-state index contributed by atoms with van der Waals surface area (Å²) >= 11 is 9.20. The maximum atomic E-state index is 13.6. The van der Waals surface area contributed by atoms with Gasteiger partial charge in [0.25, 0.3) is 0 Å². The van der Waals surface area contributed by atoms with E-state index in [4.69, 9.17) is 11.6 Å². The maximum Gasteiger partial charge on any atom is 0.127 e. The normalized spacial score (nSPS) is 12.4. The van der Waals surface area contributed by atoms with Crippen molar-refractivity contribution in [2.75, 3.05) is 0 Å². The number of hydrogen-bond acceptors (Lipinski definition) is 1. The third-order valence-electron chi connectivity index (χ3n) is 2.98. The van der Waals surface area contributed by atoms with Crippen LogP contribution in [0.25, 0.3) is 0 Å². The van der Waals surface area contributed by atoms with Gasteiger partial charge < -0.3 is 5.32 Å². The average molecular weight is 343 g/mol. The Balaban J connectivity index is 2.02. The summed E-state index contributed by atoms with van der Waals surface area (Å²) in [5.74, 6) is -0.195. The molecule has 0 unspecified atom stereocenters. The molecule has 0 aliphatic rings. The van der Waals surface area contributed by atoms with E-state index in [2.05, 4.69) is 21.2 Å². The van der Waals surface area contributed by atoms with Crippen molar-refractivity contribution in [3.8, 4) is 0 Å². The molecule has 0 saturated carbocycles. The van der Waals surface area contributed by atoms with Gasteiger partial charge in [-0.15, -0.1) is 0 Å². The lowest BCUT2D eigenvalue weighted by atomic mass is 10.1. The minimum absolute atomic E-state index is 0.135. The van der Waals surface area contributed by atoms with Gasteiger partial charge in [0.05, 0.1) is 0 Å². The van der Waals surface area contributed by atoms with Crippen LogP contribution in [0.2, 0.25) is 5.02 Å². The highest BCUT2D eigenvalue weighted by molar-refractivity contribution is 9.10. The molecule has 0 radical (unpaired) electrons. The lowest BCUT2D eigenvalue weighted by Gasteiger charge is -2.15. The Morgan fingerprint density at radius 2 is 1.89 bits per heavy atom. The number of rotatable bonds is 4. The molecule has 0 aromatic heterocycles. The summed E-state index contributed by atoms with van der Waals surface area (Å²) in [6, 6.07) is 12.7. The standard InChI is InChI=1S/C15H14BrClFN/c1-10(11-2-5-14(17)6-3-11)19-9-12-8-13(16)4-7-15(12)18/h2-8,10,19H,9H2,1H3/t10-/m1/s1. The Kier molecular flexibility index (Phi) is 4.97. The zero-order chi connectivity index (χ0) is 13.8. The second-order valence-electron chi connectivity index (χ2n) is 4.39. The minimum Gasteiger partial charge on any atom is -0.306 e. The van der Waals surface area contributed by atoms with E-state index in [0.29, 0.717) is 17.1 Å². The summed E-state index contributed by atoms with van der Waals surface area (Å²) in [6.07, 6.45) is 0. The molecular weight excluding hydrogens is 329 g/mol. The second kappa shape index (κ2) is 6.51. The monoisotopic (exact) mass is 341 g/mol. The number of halogens is 3. The summed E-state index contributed by atoms with van der Waals surface area (Å²) < 4.78 is 14.5. The summed E-state index contributed by atoms with van der Waals surface area (Å²) in [7, 11) is 0. The zero-order valence-corrected chi connectivity index (χ0v) is 12.8. The van der Waals surface area contributed by atoms with Gasteiger partial charge in [-0.05, 0) is 42.8 Å². The van der Waals surface area contributed by atoms with Crippen LogP contribution < -0.4 is 5.32 Å². The van der Waals surface area contributed by atoms with Crippen molar-refractivity contribution < 1.29 is 4.39 Å². The van der Waals surface area contributed by atoms with Crippen LogP contribution in [0.4, 0.5) is 4.39 Å². The van der Waals surface area contributed by atoms with E-state index < -0.39 is 0 Å². The Bertz CT molecular complexity index is 557. The molecular formula is C15H14BrClFN. The van der Waals surface area contributed by atoms with Gasteiger partial charge in [0.15, 0.2) is 0 Å². The summed E-state index contributed by atoms with van der Waals surface area (Å²) in [5, 5.41) is 4.02. The fourth-order valence-corrected chi connectivity index (χ4v) is 2.35. The van der Waals surface area contributed by atoms with E-state index in [9.17, 15) is 4.39 Å². The van der Waals surface area contributed by atoms with E-state index in [1.807, 2.05) is 31.2 Å².